The van der Waals surface area contributed by atoms with E-state index in [1.54, 1.807) is 24.8 Å². The Morgan fingerprint density at radius 2 is 1.75 bits per heavy atom. The summed E-state index contributed by atoms with van der Waals surface area (Å²) in [4.78, 5) is 46.4. The molecular weight excluding hydrogens is 418 g/mol. The maximum absolute atomic E-state index is 12.4. The summed E-state index contributed by atoms with van der Waals surface area (Å²) in [6.45, 7) is 6.30. The smallest absolute Gasteiger partial charge is 0.347 e. The Morgan fingerprint density at radius 3 is 2.25 bits per heavy atom. The van der Waals surface area contributed by atoms with Crippen LogP contribution in [0.25, 0.3) is 0 Å². The number of rotatable bonds is 9. The van der Waals surface area contributed by atoms with E-state index in [9.17, 15) is 19.7 Å². The van der Waals surface area contributed by atoms with E-state index in [4.69, 9.17) is 9.47 Å². The molecular formula is C21H29N5O6. The lowest BCUT2D eigenvalue weighted by molar-refractivity contribution is -0.384. The molecule has 11 heteroatoms. The predicted molar refractivity (Wildman–Crippen MR) is 117 cm³/mol. The number of nitro groups is 1. The molecule has 1 aliphatic carbocycles. The number of esters is 2. The van der Waals surface area contributed by atoms with E-state index in [2.05, 4.69) is 9.88 Å². The fourth-order valence-corrected chi connectivity index (χ4v) is 3.43. The second kappa shape index (κ2) is 10.4. The monoisotopic (exact) mass is 447 g/mol. The van der Waals surface area contributed by atoms with Gasteiger partial charge in [-0.25, -0.2) is 14.6 Å². The number of likely N-dealkylation sites (N-methyl/N-ethyl adjacent to an activating group) is 1. The second-order valence-corrected chi connectivity index (χ2v) is 7.68. The van der Waals surface area contributed by atoms with Gasteiger partial charge in [0.2, 0.25) is 5.82 Å². The molecule has 3 rings (SSSR count). The highest BCUT2D eigenvalue weighted by atomic mass is 16.6. The highest BCUT2D eigenvalue weighted by Crippen LogP contribution is 2.35. The molecule has 0 spiro atoms. The zero-order valence-corrected chi connectivity index (χ0v) is 18.7. The van der Waals surface area contributed by atoms with Crippen molar-refractivity contribution in [2.24, 2.45) is 0 Å². The van der Waals surface area contributed by atoms with Crippen LogP contribution in [0, 0.1) is 10.1 Å². The number of hydrogen-bond acceptors (Lipinski definition) is 10. The second-order valence-electron chi connectivity index (χ2n) is 7.68. The first kappa shape index (κ1) is 23.5. The summed E-state index contributed by atoms with van der Waals surface area (Å²) in [7, 11) is 2.00. The third-order valence-corrected chi connectivity index (χ3v) is 5.30. The Bertz CT molecular complexity index is 873. The average Bonchev–Trinajstić information content (AvgIpc) is 3.60. The van der Waals surface area contributed by atoms with Crippen LogP contribution in [-0.2, 0) is 19.1 Å². The van der Waals surface area contributed by atoms with Crippen LogP contribution in [-0.4, -0.2) is 79.2 Å². The van der Waals surface area contributed by atoms with Gasteiger partial charge in [-0.05, 0) is 39.8 Å². The summed E-state index contributed by atoms with van der Waals surface area (Å²) in [5.41, 5.74) is -0.309. The summed E-state index contributed by atoms with van der Waals surface area (Å²) in [5.74, 6) is -0.845. The van der Waals surface area contributed by atoms with Crippen LogP contribution >= 0.6 is 0 Å². The fourth-order valence-electron chi connectivity index (χ4n) is 3.43. The van der Waals surface area contributed by atoms with Gasteiger partial charge >= 0.3 is 17.6 Å². The molecule has 32 heavy (non-hydrogen) atoms. The molecule has 1 saturated carbocycles. The van der Waals surface area contributed by atoms with Crippen LogP contribution in [0.4, 0.5) is 17.3 Å². The molecule has 0 bridgehead atoms. The largest absolute Gasteiger partial charge is 0.462 e. The van der Waals surface area contributed by atoms with Crippen molar-refractivity contribution in [3.63, 3.8) is 0 Å². The number of piperazine rings is 1. The molecule has 0 unspecified atom stereocenters. The summed E-state index contributed by atoms with van der Waals surface area (Å²) in [5, 5.41) is 11.6. The molecule has 1 aromatic rings. The summed E-state index contributed by atoms with van der Waals surface area (Å²) in [6, 6.07) is 3.00. The number of ether oxygens (including phenoxy) is 2. The molecule has 0 N–H and O–H groups in total. The van der Waals surface area contributed by atoms with E-state index >= 15 is 0 Å². The normalized spacial score (nSPS) is 16.3. The molecule has 174 valence electrons. The fraction of sp³-hybridized carbons (Fsp3) is 0.571. The van der Waals surface area contributed by atoms with E-state index in [0.717, 1.165) is 25.9 Å². The topological polar surface area (TPSA) is 118 Å². The number of anilines is 2. The first-order chi connectivity index (χ1) is 15.3. The maximum atomic E-state index is 12.4. The van der Waals surface area contributed by atoms with Crippen molar-refractivity contribution < 1.29 is 24.0 Å². The Kier molecular flexibility index (Phi) is 7.62. The molecule has 1 saturated heterocycles. The zero-order valence-electron chi connectivity index (χ0n) is 18.7. The van der Waals surface area contributed by atoms with Crippen molar-refractivity contribution in [2.45, 2.75) is 32.7 Å². The van der Waals surface area contributed by atoms with E-state index in [1.165, 1.54) is 12.3 Å². The standard InChI is InChI=1S/C21H29N5O6/c1-4-31-20(27)16(21(28)32-5-2)14-25(15-6-7-15)18-9-8-17(26(29)30)19(22-18)24-12-10-23(3)11-13-24/h8-9,14-15H,4-7,10-13H2,1-3H3. The Balaban J connectivity index is 2.00. The number of carbonyl (C=O) groups is 2. The Morgan fingerprint density at radius 1 is 1.16 bits per heavy atom. The molecule has 1 aliphatic heterocycles. The molecule has 2 heterocycles. The first-order valence-electron chi connectivity index (χ1n) is 10.8. The van der Waals surface area contributed by atoms with Gasteiger partial charge in [0.25, 0.3) is 0 Å². The minimum absolute atomic E-state index is 0.0307. The van der Waals surface area contributed by atoms with Gasteiger partial charge in [0.1, 0.15) is 5.82 Å². The summed E-state index contributed by atoms with van der Waals surface area (Å²) in [6.07, 6.45) is 3.09. The van der Waals surface area contributed by atoms with Gasteiger partial charge in [-0.2, -0.15) is 0 Å². The molecule has 0 radical (unpaired) electrons. The van der Waals surface area contributed by atoms with Crippen LogP contribution in [0.3, 0.4) is 0 Å². The third-order valence-electron chi connectivity index (χ3n) is 5.30. The van der Waals surface area contributed by atoms with Crippen LogP contribution in [0.15, 0.2) is 23.9 Å². The quantitative estimate of drug-likeness (QED) is 0.138. The van der Waals surface area contributed by atoms with Gasteiger partial charge in [-0.15, -0.1) is 0 Å². The van der Waals surface area contributed by atoms with Gasteiger partial charge in [0.15, 0.2) is 5.57 Å². The lowest BCUT2D eigenvalue weighted by atomic mass is 10.2. The first-order valence-corrected chi connectivity index (χ1v) is 10.8. The lowest BCUT2D eigenvalue weighted by Crippen LogP contribution is -2.45. The van der Waals surface area contributed by atoms with Crippen molar-refractivity contribution in [1.82, 2.24) is 9.88 Å². The Hall–Kier alpha value is -3.21. The van der Waals surface area contributed by atoms with Gasteiger partial charge in [0, 0.05) is 44.5 Å². The van der Waals surface area contributed by atoms with Gasteiger partial charge in [0.05, 0.1) is 18.1 Å². The van der Waals surface area contributed by atoms with Crippen molar-refractivity contribution in [1.29, 1.82) is 0 Å². The van der Waals surface area contributed by atoms with Crippen LogP contribution in [0.1, 0.15) is 26.7 Å². The van der Waals surface area contributed by atoms with Crippen molar-refractivity contribution in [2.75, 3.05) is 56.2 Å². The van der Waals surface area contributed by atoms with Crippen LogP contribution in [0.5, 0.6) is 0 Å². The molecule has 0 atom stereocenters. The molecule has 2 fully saturated rings. The van der Waals surface area contributed by atoms with Gasteiger partial charge in [-0.3, -0.25) is 10.1 Å². The highest BCUT2D eigenvalue weighted by molar-refractivity contribution is 6.14. The minimum Gasteiger partial charge on any atom is -0.462 e. The Labute approximate surface area is 186 Å². The summed E-state index contributed by atoms with van der Waals surface area (Å²) >= 11 is 0. The number of carbonyl (C=O) groups excluding carboxylic acids is 2. The van der Waals surface area contributed by atoms with E-state index in [1.807, 2.05) is 11.9 Å². The SMILES string of the molecule is CCOC(=O)C(=CN(c1ccc([N+](=O)[O-])c(N2CCN(C)CC2)n1)C1CC1)C(=O)OCC. The number of hydrogen-bond donors (Lipinski definition) is 0. The zero-order chi connectivity index (χ0) is 23.3. The number of aromatic nitrogens is 1. The van der Waals surface area contributed by atoms with Gasteiger partial charge in [-0.1, -0.05) is 0 Å². The number of pyridine rings is 1. The van der Waals surface area contributed by atoms with Crippen molar-refractivity contribution in [3.8, 4) is 0 Å². The molecule has 0 aromatic carbocycles. The van der Waals surface area contributed by atoms with Gasteiger partial charge < -0.3 is 24.2 Å². The molecule has 11 nitrogen and oxygen atoms in total. The highest BCUT2D eigenvalue weighted by Gasteiger charge is 2.34. The number of nitrogens with zero attached hydrogens (tertiary/aromatic N) is 5. The van der Waals surface area contributed by atoms with Crippen molar-refractivity contribution in [3.05, 3.63) is 34.0 Å². The molecule has 2 aliphatic rings. The van der Waals surface area contributed by atoms with Crippen molar-refractivity contribution >= 4 is 29.3 Å². The predicted octanol–water partition coefficient (Wildman–Crippen LogP) is 1.72. The van der Waals surface area contributed by atoms with Crippen LogP contribution in [0.2, 0.25) is 0 Å². The van der Waals surface area contributed by atoms with E-state index in [0.29, 0.717) is 18.9 Å². The molecule has 1 aromatic heterocycles. The minimum atomic E-state index is -0.780. The average molecular weight is 447 g/mol. The maximum Gasteiger partial charge on any atom is 0.347 e. The van der Waals surface area contributed by atoms with Crippen LogP contribution < -0.4 is 9.80 Å². The summed E-state index contributed by atoms with van der Waals surface area (Å²) < 4.78 is 10.1. The molecule has 0 amide bonds. The lowest BCUT2D eigenvalue weighted by Gasteiger charge is -2.33. The van der Waals surface area contributed by atoms with E-state index < -0.39 is 16.9 Å². The third kappa shape index (κ3) is 5.52. The van der Waals surface area contributed by atoms with E-state index in [-0.39, 0.29) is 36.3 Å².